The summed E-state index contributed by atoms with van der Waals surface area (Å²) in [4.78, 5) is 13.4. The molecule has 0 bridgehead atoms. The lowest BCUT2D eigenvalue weighted by Gasteiger charge is -2.01. The minimum absolute atomic E-state index is 0.326. The van der Waals surface area contributed by atoms with E-state index in [-0.39, 0.29) is 0 Å². The van der Waals surface area contributed by atoms with E-state index >= 15 is 0 Å². The summed E-state index contributed by atoms with van der Waals surface area (Å²) in [5.74, 6) is -0.901. The minimum Gasteiger partial charge on any atom is -0.478 e. The topological polar surface area (TPSA) is 37.3 Å². The van der Waals surface area contributed by atoms with E-state index in [1.54, 1.807) is 29.5 Å². The number of aryl methyl sites for hydroxylation is 1. The molecule has 1 N–H and O–H groups in total. The van der Waals surface area contributed by atoms with E-state index in [2.05, 4.69) is 0 Å². The lowest BCUT2D eigenvalue weighted by atomic mass is 10.1. The van der Waals surface area contributed by atoms with Gasteiger partial charge in [0.05, 0.1) is 5.57 Å². The van der Waals surface area contributed by atoms with Crippen LogP contribution in [0.4, 0.5) is 0 Å². The number of aliphatic carboxylic acids is 1. The zero-order chi connectivity index (χ0) is 12.3. The van der Waals surface area contributed by atoms with Gasteiger partial charge in [-0.2, -0.15) is 0 Å². The Balaban J connectivity index is 2.43. The van der Waals surface area contributed by atoms with Gasteiger partial charge in [-0.15, -0.1) is 11.3 Å². The number of rotatable bonds is 3. The third-order valence-corrected chi connectivity index (χ3v) is 3.31. The summed E-state index contributed by atoms with van der Waals surface area (Å²) in [5, 5.41) is 9.23. The van der Waals surface area contributed by atoms with E-state index in [1.165, 1.54) is 4.88 Å². The lowest BCUT2D eigenvalue weighted by molar-refractivity contribution is -0.130. The highest BCUT2D eigenvalue weighted by Gasteiger charge is 2.10. The fourth-order valence-corrected chi connectivity index (χ4v) is 2.38. The molecular weight excluding hydrogens is 232 g/mol. The normalized spacial score (nSPS) is 11.5. The molecule has 0 radical (unpaired) electrons. The number of benzene rings is 1. The van der Waals surface area contributed by atoms with Gasteiger partial charge in [0.1, 0.15) is 0 Å². The molecule has 1 aromatic carbocycles. The zero-order valence-corrected chi connectivity index (χ0v) is 10.2. The van der Waals surface area contributed by atoms with Crippen LogP contribution < -0.4 is 0 Å². The summed E-state index contributed by atoms with van der Waals surface area (Å²) in [6, 6.07) is 13.1. The van der Waals surface area contributed by atoms with E-state index in [0.29, 0.717) is 5.57 Å². The van der Waals surface area contributed by atoms with Gasteiger partial charge in [0.25, 0.3) is 0 Å². The van der Waals surface area contributed by atoms with Crippen molar-refractivity contribution in [2.75, 3.05) is 0 Å². The molecular formula is C14H12O2S. The lowest BCUT2D eigenvalue weighted by Crippen LogP contribution is -1.98. The van der Waals surface area contributed by atoms with Crippen LogP contribution in [0.3, 0.4) is 0 Å². The smallest absolute Gasteiger partial charge is 0.336 e. The second-order valence-corrected chi connectivity index (χ2v) is 5.00. The standard InChI is InChI=1S/C14H12O2S/c1-10-7-8-12(17-10)9-13(14(15)16)11-5-3-2-4-6-11/h2-9H,1H3,(H,15,16)/b13-9-. The van der Waals surface area contributed by atoms with E-state index in [4.69, 9.17) is 0 Å². The first-order valence-corrected chi connectivity index (χ1v) is 6.05. The maximum absolute atomic E-state index is 11.2. The predicted octanol–water partition coefficient (Wildman–Crippen LogP) is 3.68. The van der Waals surface area contributed by atoms with Crippen molar-refractivity contribution in [1.82, 2.24) is 0 Å². The molecule has 1 heterocycles. The van der Waals surface area contributed by atoms with E-state index in [1.807, 2.05) is 37.3 Å². The molecule has 0 unspecified atom stereocenters. The average Bonchev–Trinajstić information content (AvgIpc) is 2.73. The Bertz CT molecular complexity index is 553. The predicted molar refractivity (Wildman–Crippen MR) is 71.0 cm³/mol. The van der Waals surface area contributed by atoms with Crippen LogP contribution in [0.25, 0.3) is 11.6 Å². The van der Waals surface area contributed by atoms with Gasteiger partial charge >= 0.3 is 5.97 Å². The molecule has 0 amide bonds. The van der Waals surface area contributed by atoms with Crippen LogP contribution in [0.5, 0.6) is 0 Å². The summed E-state index contributed by atoms with van der Waals surface area (Å²) < 4.78 is 0. The Labute approximate surface area is 104 Å². The monoisotopic (exact) mass is 244 g/mol. The molecule has 0 aliphatic heterocycles. The maximum Gasteiger partial charge on any atom is 0.336 e. The molecule has 0 saturated carbocycles. The van der Waals surface area contributed by atoms with Crippen LogP contribution in [0, 0.1) is 6.92 Å². The van der Waals surface area contributed by atoms with Crippen molar-refractivity contribution >= 4 is 29.0 Å². The Kier molecular flexibility index (Phi) is 3.40. The van der Waals surface area contributed by atoms with Gasteiger partial charge in [-0.05, 0) is 30.7 Å². The van der Waals surface area contributed by atoms with Gasteiger partial charge in [0.2, 0.25) is 0 Å². The molecule has 0 atom stereocenters. The van der Waals surface area contributed by atoms with Crippen LogP contribution in [0.2, 0.25) is 0 Å². The molecule has 0 saturated heterocycles. The number of hydrogen-bond donors (Lipinski definition) is 1. The Hall–Kier alpha value is -1.87. The van der Waals surface area contributed by atoms with Gasteiger partial charge in [-0.1, -0.05) is 30.3 Å². The van der Waals surface area contributed by atoms with Crippen molar-refractivity contribution in [3.63, 3.8) is 0 Å². The summed E-state index contributed by atoms with van der Waals surface area (Å²) in [5.41, 5.74) is 1.05. The molecule has 86 valence electrons. The molecule has 1 aromatic heterocycles. The molecule has 2 rings (SSSR count). The minimum atomic E-state index is -0.901. The molecule has 17 heavy (non-hydrogen) atoms. The highest BCUT2D eigenvalue weighted by molar-refractivity contribution is 7.12. The van der Waals surface area contributed by atoms with Crippen molar-refractivity contribution in [2.24, 2.45) is 0 Å². The molecule has 3 heteroatoms. The highest BCUT2D eigenvalue weighted by Crippen LogP contribution is 2.23. The Morgan fingerprint density at radius 1 is 1.18 bits per heavy atom. The van der Waals surface area contributed by atoms with Crippen LogP contribution in [0.15, 0.2) is 42.5 Å². The maximum atomic E-state index is 11.2. The number of carboxylic acid groups (broad SMARTS) is 1. The van der Waals surface area contributed by atoms with E-state index in [9.17, 15) is 9.90 Å². The van der Waals surface area contributed by atoms with Crippen molar-refractivity contribution < 1.29 is 9.90 Å². The molecule has 2 aromatic rings. The molecule has 2 nitrogen and oxygen atoms in total. The Morgan fingerprint density at radius 3 is 2.41 bits per heavy atom. The third-order valence-electron chi connectivity index (χ3n) is 2.36. The average molecular weight is 244 g/mol. The zero-order valence-electron chi connectivity index (χ0n) is 9.38. The number of carbonyl (C=O) groups is 1. The molecule has 0 fully saturated rings. The summed E-state index contributed by atoms with van der Waals surface area (Å²) in [7, 11) is 0. The number of carboxylic acids is 1. The van der Waals surface area contributed by atoms with Gasteiger partial charge in [0.15, 0.2) is 0 Å². The molecule has 0 spiro atoms. The second-order valence-electron chi connectivity index (χ2n) is 3.68. The summed E-state index contributed by atoms with van der Waals surface area (Å²) >= 11 is 1.59. The number of hydrogen-bond acceptors (Lipinski definition) is 2. The van der Waals surface area contributed by atoms with Gasteiger partial charge in [-0.3, -0.25) is 0 Å². The highest BCUT2D eigenvalue weighted by atomic mass is 32.1. The van der Waals surface area contributed by atoms with Crippen molar-refractivity contribution in [3.05, 3.63) is 57.8 Å². The summed E-state index contributed by atoms with van der Waals surface area (Å²) in [6.07, 6.45) is 1.72. The fourth-order valence-electron chi connectivity index (χ4n) is 1.56. The SMILES string of the molecule is Cc1ccc(/C=C(\C(=O)O)c2ccccc2)s1. The fraction of sp³-hybridized carbons (Fsp3) is 0.0714. The van der Waals surface area contributed by atoms with Crippen LogP contribution >= 0.6 is 11.3 Å². The van der Waals surface area contributed by atoms with Crippen molar-refractivity contribution in [2.45, 2.75) is 6.92 Å². The Morgan fingerprint density at radius 2 is 1.88 bits per heavy atom. The first kappa shape index (κ1) is 11.6. The third kappa shape index (κ3) is 2.82. The van der Waals surface area contributed by atoms with Crippen LogP contribution in [-0.2, 0) is 4.79 Å². The van der Waals surface area contributed by atoms with E-state index in [0.717, 1.165) is 10.4 Å². The largest absolute Gasteiger partial charge is 0.478 e. The van der Waals surface area contributed by atoms with E-state index < -0.39 is 5.97 Å². The van der Waals surface area contributed by atoms with Crippen molar-refractivity contribution in [1.29, 1.82) is 0 Å². The number of thiophene rings is 1. The molecule has 0 aliphatic rings. The van der Waals surface area contributed by atoms with Gasteiger partial charge in [-0.25, -0.2) is 4.79 Å². The quantitative estimate of drug-likeness (QED) is 0.836. The van der Waals surface area contributed by atoms with Crippen LogP contribution in [-0.4, -0.2) is 11.1 Å². The van der Waals surface area contributed by atoms with Gasteiger partial charge in [0, 0.05) is 9.75 Å². The van der Waals surface area contributed by atoms with Crippen molar-refractivity contribution in [3.8, 4) is 0 Å². The van der Waals surface area contributed by atoms with Gasteiger partial charge < -0.3 is 5.11 Å². The first-order chi connectivity index (χ1) is 8.16. The first-order valence-electron chi connectivity index (χ1n) is 5.23. The van der Waals surface area contributed by atoms with Crippen LogP contribution in [0.1, 0.15) is 15.3 Å². The summed E-state index contributed by atoms with van der Waals surface area (Å²) in [6.45, 7) is 2.00. The molecule has 0 aliphatic carbocycles. The second kappa shape index (κ2) is 4.97.